The molecule has 0 bridgehead atoms. The third-order valence-electron chi connectivity index (χ3n) is 3.30. The Bertz CT molecular complexity index is 439. The maximum absolute atomic E-state index is 13.5. The van der Waals surface area contributed by atoms with Crippen LogP contribution in [0.5, 0.6) is 5.75 Å². The van der Waals surface area contributed by atoms with Gasteiger partial charge in [-0.25, -0.2) is 4.39 Å². The molecule has 5 heteroatoms. The van der Waals surface area contributed by atoms with E-state index in [2.05, 4.69) is 38.8 Å². The van der Waals surface area contributed by atoms with Crippen molar-refractivity contribution in [2.45, 2.75) is 24.3 Å². The molecule has 0 N–H and O–H groups in total. The lowest BCUT2D eigenvalue weighted by molar-refractivity contribution is 0.0929. The van der Waals surface area contributed by atoms with Crippen molar-refractivity contribution in [2.24, 2.45) is 5.92 Å². The minimum absolute atomic E-state index is 0.00171. The van der Waals surface area contributed by atoms with Crippen LogP contribution in [0.1, 0.15) is 23.7 Å². The Labute approximate surface area is 123 Å². The van der Waals surface area contributed by atoms with Crippen molar-refractivity contribution >= 4 is 31.9 Å². The fourth-order valence-corrected chi connectivity index (χ4v) is 3.60. The van der Waals surface area contributed by atoms with Crippen molar-refractivity contribution in [3.05, 3.63) is 28.0 Å². The van der Waals surface area contributed by atoms with Crippen LogP contribution in [0.4, 0.5) is 4.39 Å². The van der Waals surface area contributed by atoms with E-state index in [-0.39, 0.29) is 16.7 Å². The maximum Gasteiger partial charge on any atom is 0.141 e. The van der Waals surface area contributed by atoms with Crippen LogP contribution in [-0.2, 0) is 4.74 Å². The summed E-state index contributed by atoms with van der Waals surface area (Å²) in [4.78, 5) is 0.00171. The quantitative estimate of drug-likeness (QED) is 0.719. The van der Waals surface area contributed by atoms with Crippen molar-refractivity contribution in [3.8, 4) is 5.75 Å². The van der Waals surface area contributed by atoms with Gasteiger partial charge in [-0.2, -0.15) is 0 Å². The lowest BCUT2D eigenvalue weighted by Crippen LogP contribution is -2.19. The minimum Gasteiger partial charge on any atom is -0.496 e. The minimum atomic E-state index is -0.323. The Morgan fingerprint density at radius 2 is 2.22 bits per heavy atom. The summed E-state index contributed by atoms with van der Waals surface area (Å²) >= 11 is 6.86. The standard InChI is InChI=1S/C13H15Br2FO2/c1-7-3-4-18-13(7)12(15)8-5-9(14)10(16)6-11(8)17-2/h5-7,12-13H,3-4H2,1-2H3. The molecular formula is C13H15Br2FO2. The average molecular weight is 382 g/mol. The molecule has 3 unspecified atom stereocenters. The van der Waals surface area contributed by atoms with Crippen LogP contribution in [0.25, 0.3) is 0 Å². The Balaban J connectivity index is 2.34. The van der Waals surface area contributed by atoms with Gasteiger partial charge in [-0.05, 0) is 34.3 Å². The summed E-state index contributed by atoms with van der Waals surface area (Å²) in [7, 11) is 1.55. The molecule has 0 radical (unpaired) electrons. The van der Waals surface area contributed by atoms with E-state index < -0.39 is 0 Å². The van der Waals surface area contributed by atoms with Crippen molar-refractivity contribution in [1.29, 1.82) is 0 Å². The predicted molar refractivity (Wildman–Crippen MR) is 75.8 cm³/mol. The molecule has 1 aromatic carbocycles. The lowest BCUT2D eigenvalue weighted by atomic mass is 9.97. The monoisotopic (exact) mass is 380 g/mol. The predicted octanol–water partition coefficient (Wildman–Crippen LogP) is 4.46. The van der Waals surface area contributed by atoms with Gasteiger partial charge in [0.2, 0.25) is 0 Å². The molecule has 0 aliphatic carbocycles. The highest BCUT2D eigenvalue weighted by Gasteiger charge is 2.33. The normalized spacial score (nSPS) is 25.2. The number of benzene rings is 1. The Morgan fingerprint density at radius 3 is 2.78 bits per heavy atom. The van der Waals surface area contributed by atoms with Gasteiger partial charge < -0.3 is 9.47 Å². The van der Waals surface area contributed by atoms with Gasteiger partial charge >= 0.3 is 0 Å². The summed E-state index contributed by atoms with van der Waals surface area (Å²) in [5, 5.41) is 0. The third-order valence-corrected chi connectivity index (χ3v) is 4.92. The van der Waals surface area contributed by atoms with Gasteiger partial charge in [0.05, 0.1) is 22.5 Å². The molecule has 0 saturated carbocycles. The molecule has 2 nitrogen and oxygen atoms in total. The van der Waals surface area contributed by atoms with Crippen LogP contribution in [-0.4, -0.2) is 19.8 Å². The smallest absolute Gasteiger partial charge is 0.141 e. The van der Waals surface area contributed by atoms with E-state index in [1.54, 1.807) is 13.2 Å². The zero-order valence-electron chi connectivity index (χ0n) is 10.3. The van der Waals surface area contributed by atoms with E-state index in [1.165, 1.54) is 6.07 Å². The molecule has 2 rings (SSSR count). The van der Waals surface area contributed by atoms with Crippen LogP contribution >= 0.6 is 31.9 Å². The van der Waals surface area contributed by atoms with Gasteiger partial charge in [0.25, 0.3) is 0 Å². The molecule has 1 fully saturated rings. The highest BCUT2D eigenvalue weighted by Crippen LogP contribution is 2.42. The molecule has 3 atom stereocenters. The zero-order chi connectivity index (χ0) is 13.3. The molecule has 100 valence electrons. The molecule has 0 amide bonds. The van der Waals surface area contributed by atoms with E-state index in [0.29, 0.717) is 16.1 Å². The van der Waals surface area contributed by atoms with Gasteiger partial charge in [-0.1, -0.05) is 22.9 Å². The average Bonchev–Trinajstić information content (AvgIpc) is 2.77. The van der Waals surface area contributed by atoms with Gasteiger partial charge in [0.1, 0.15) is 11.6 Å². The zero-order valence-corrected chi connectivity index (χ0v) is 13.4. The number of hydrogen-bond donors (Lipinski definition) is 0. The largest absolute Gasteiger partial charge is 0.496 e. The number of rotatable bonds is 3. The summed E-state index contributed by atoms with van der Waals surface area (Å²) in [5.74, 6) is 0.693. The van der Waals surface area contributed by atoms with Crippen molar-refractivity contribution in [2.75, 3.05) is 13.7 Å². The summed E-state index contributed by atoms with van der Waals surface area (Å²) < 4.78 is 24.9. The molecule has 18 heavy (non-hydrogen) atoms. The number of hydrogen-bond acceptors (Lipinski definition) is 2. The number of halogens is 3. The molecule has 1 aliphatic heterocycles. The second kappa shape index (κ2) is 5.88. The summed E-state index contributed by atoms with van der Waals surface area (Å²) in [5.41, 5.74) is 0.907. The highest BCUT2D eigenvalue weighted by atomic mass is 79.9. The summed E-state index contributed by atoms with van der Waals surface area (Å²) in [6, 6.07) is 3.15. The molecular weight excluding hydrogens is 367 g/mol. The Kier molecular flexibility index (Phi) is 4.67. The molecule has 0 aromatic heterocycles. The lowest BCUT2D eigenvalue weighted by Gasteiger charge is -2.23. The molecule has 1 heterocycles. The van der Waals surface area contributed by atoms with Crippen LogP contribution in [0, 0.1) is 11.7 Å². The van der Waals surface area contributed by atoms with Crippen LogP contribution in [0.15, 0.2) is 16.6 Å². The van der Waals surface area contributed by atoms with E-state index in [1.807, 2.05) is 0 Å². The molecule has 1 saturated heterocycles. The second-order valence-electron chi connectivity index (χ2n) is 4.51. The topological polar surface area (TPSA) is 18.5 Å². The fraction of sp³-hybridized carbons (Fsp3) is 0.538. The molecule has 1 aliphatic rings. The molecule has 1 aromatic rings. The van der Waals surface area contributed by atoms with Gasteiger partial charge in [-0.15, -0.1) is 0 Å². The van der Waals surface area contributed by atoms with E-state index >= 15 is 0 Å². The van der Waals surface area contributed by atoms with Crippen LogP contribution in [0.2, 0.25) is 0 Å². The van der Waals surface area contributed by atoms with Crippen molar-refractivity contribution in [1.82, 2.24) is 0 Å². The SMILES string of the molecule is COc1cc(F)c(Br)cc1C(Br)C1OCCC1C. The number of ether oxygens (including phenoxy) is 2. The summed E-state index contributed by atoms with van der Waals surface area (Å²) in [6.45, 7) is 2.94. The Morgan fingerprint density at radius 1 is 1.50 bits per heavy atom. The van der Waals surface area contributed by atoms with Crippen LogP contribution < -0.4 is 4.74 Å². The highest BCUT2D eigenvalue weighted by molar-refractivity contribution is 9.10. The van der Waals surface area contributed by atoms with Crippen LogP contribution in [0.3, 0.4) is 0 Å². The molecule has 0 spiro atoms. The first-order valence-electron chi connectivity index (χ1n) is 5.83. The third kappa shape index (κ3) is 2.73. The van der Waals surface area contributed by atoms with Crippen molar-refractivity contribution < 1.29 is 13.9 Å². The Hall–Kier alpha value is -0.130. The fourth-order valence-electron chi connectivity index (χ4n) is 2.20. The van der Waals surface area contributed by atoms with Gasteiger partial charge in [-0.3, -0.25) is 0 Å². The van der Waals surface area contributed by atoms with E-state index in [0.717, 1.165) is 18.6 Å². The maximum atomic E-state index is 13.5. The van der Waals surface area contributed by atoms with Gasteiger partial charge in [0.15, 0.2) is 0 Å². The first-order valence-corrected chi connectivity index (χ1v) is 7.54. The van der Waals surface area contributed by atoms with E-state index in [9.17, 15) is 4.39 Å². The van der Waals surface area contributed by atoms with Crippen molar-refractivity contribution in [3.63, 3.8) is 0 Å². The summed E-state index contributed by atoms with van der Waals surface area (Å²) in [6.07, 6.45) is 1.15. The van der Waals surface area contributed by atoms with Gasteiger partial charge in [0, 0.05) is 18.2 Å². The second-order valence-corrected chi connectivity index (χ2v) is 6.35. The first-order chi connectivity index (χ1) is 8.54. The first kappa shape index (κ1) is 14.3. The number of methoxy groups -OCH3 is 1. The number of alkyl halides is 1. The van der Waals surface area contributed by atoms with E-state index in [4.69, 9.17) is 9.47 Å².